The van der Waals surface area contributed by atoms with Crippen LogP contribution >= 0.6 is 0 Å². The van der Waals surface area contributed by atoms with Crippen LogP contribution in [0.5, 0.6) is 0 Å². The van der Waals surface area contributed by atoms with E-state index in [1.807, 2.05) is 48.5 Å². The molecule has 0 spiro atoms. The van der Waals surface area contributed by atoms with E-state index in [9.17, 15) is 4.39 Å². The molecule has 17 heavy (non-hydrogen) atoms. The molecule has 2 atom stereocenters. The summed E-state index contributed by atoms with van der Waals surface area (Å²) in [5.41, 5.74) is 1.49. The van der Waals surface area contributed by atoms with Gasteiger partial charge in [-0.15, -0.1) is 0 Å². The van der Waals surface area contributed by atoms with Gasteiger partial charge >= 0.3 is 0 Å². The third-order valence-electron chi connectivity index (χ3n) is 2.77. The monoisotopic (exact) mass is 230 g/mol. The Kier molecular flexibility index (Phi) is 3.89. The molecule has 2 heteroatoms. The van der Waals surface area contributed by atoms with Crippen molar-refractivity contribution in [2.24, 2.45) is 0 Å². The maximum atomic E-state index is 14.4. The molecule has 0 aliphatic rings. The van der Waals surface area contributed by atoms with Crippen molar-refractivity contribution in [2.75, 3.05) is 7.11 Å². The second-order valence-corrected chi connectivity index (χ2v) is 3.88. The lowest BCUT2D eigenvalue weighted by Crippen LogP contribution is -2.09. The average molecular weight is 230 g/mol. The van der Waals surface area contributed by atoms with Gasteiger partial charge in [-0.05, 0) is 11.1 Å². The van der Waals surface area contributed by atoms with Gasteiger partial charge in [0.1, 0.15) is 6.10 Å². The lowest BCUT2D eigenvalue weighted by molar-refractivity contribution is 0.0304. The first-order valence-corrected chi connectivity index (χ1v) is 5.59. The van der Waals surface area contributed by atoms with Crippen LogP contribution in [0.1, 0.15) is 23.4 Å². The van der Waals surface area contributed by atoms with Gasteiger partial charge in [-0.3, -0.25) is 0 Å². The second-order valence-electron chi connectivity index (χ2n) is 3.88. The number of rotatable bonds is 4. The number of methoxy groups -OCH3 is 1. The molecule has 0 aliphatic heterocycles. The Balaban J connectivity index is 2.25. The lowest BCUT2D eigenvalue weighted by Gasteiger charge is -2.20. The van der Waals surface area contributed by atoms with Crippen molar-refractivity contribution in [1.29, 1.82) is 0 Å². The van der Waals surface area contributed by atoms with Gasteiger partial charge in [0, 0.05) is 7.11 Å². The average Bonchev–Trinajstić information content (AvgIpc) is 2.42. The second kappa shape index (κ2) is 5.60. The molecule has 0 bridgehead atoms. The fraction of sp³-hybridized carbons (Fsp3) is 0.200. The first-order chi connectivity index (χ1) is 8.33. The van der Waals surface area contributed by atoms with E-state index in [1.54, 1.807) is 12.1 Å². The van der Waals surface area contributed by atoms with E-state index in [0.29, 0.717) is 5.56 Å². The van der Waals surface area contributed by atoms with Gasteiger partial charge in [0.15, 0.2) is 6.17 Å². The van der Waals surface area contributed by atoms with Crippen molar-refractivity contribution in [1.82, 2.24) is 0 Å². The zero-order valence-electron chi connectivity index (χ0n) is 9.71. The number of hydrogen-bond donors (Lipinski definition) is 0. The molecule has 0 aromatic heterocycles. The van der Waals surface area contributed by atoms with E-state index in [-0.39, 0.29) is 0 Å². The lowest BCUT2D eigenvalue weighted by atomic mass is 9.99. The zero-order chi connectivity index (χ0) is 12.1. The molecule has 0 N–H and O–H groups in total. The van der Waals surface area contributed by atoms with E-state index >= 15 is 0 Å². The molecule has 1 nitrogen and oxygen atoms in total. The van der Waals surface area contributed by atoms with E-state index in [1.165, 1.54) is 7.11 Å². The van der Waals surface area contributed by atoms with Gasteiger partial charge in [-0.25, -0.2) is 4.39 Å². The van der Waals surface area contributed by atoms with Gasteiger partial charge in [-0.1, -0.05) is 60.7 Å². The summed E-state index contributed by atoms with van der Waals surface area (Å²) in [6, 6.07) is 18.5. The van der Waals surface area contributed by atoms with Crippen LogP contribution in [0.15, 0.2) is 60.7 Å². The molecule has 88 valence electrons. The summed E-state index contributed by atoms with van der Waals surface area (Å²) in [5.74, 6) is 0. The van der Waals surface area contributed by atoms with Crippen LogP contribution in [-0.2, 0) is 4.74 Å². The summed E-state index contributed by atoms with van der Waals surface area (Å²) in [5, 5.41) is 0. The highest BCUT2D eigenvalue weighted by Gasteiger charge is 2.23. The third-order valence-corrected chi connectivity index (χ3v) is 2.77. The Morgan fingerprint density at radius 1 is 0.824 bits per heavy atom. The molecule has 0 aliphatic carbocycles. The number of ether oxygens (including phenoxy) is 1. The first-order valence-electron chi connectivity index (χ1n) is 5.59. The Morgan fingerprint density at radius 2 is 1.29 bits per heavy atom. The molecule has 2 aromatic carbocycles. The van der Waals surface area contributed by atoms with E-state index in [0.717, 1.165) is 5.56 Å². The molecule has 0 heterocycles. The molecular formula is C15H15FO. The van der Waals surface area contributed by atoms with E-state index < -0.39 is 12.3 Å². The largest absolute Gasteiger partial charge is 0.373 e. The van der Waals surface area contributed by atoms with Crippen molar-refractivity contribution >= 4 is 0 Å². The van der Waals surface area contributed by atoms with Gasteiger partial charge < -0.3 is 4.74 Å². The van der Waals surface area contributed by atoms with Crippen molar-refractivity contribution < 1.29 is 9.13 Å². The fourth-order valence-corrected chi connectivity index (χ4v) is 1.88. The van der Waals surface area contributed by atoms with Gasteiger partial charge in [0.2, 0.25) is 0 Å². The van der Waals surface area contributed by atoms with Crippen LogP contribution in [-0.4, -0.2) is 7.11 Å². The predicted octanol–water partition coefficient (Wildman–Crippen LogP) is 4.08. The van der Waals surface area contributed by atoms with Crippen LogP contribution in [0.4, 0.5) is 4.39 Å². The minimum Gasteiger partial charge on any atom is -0.373 e. The van der Waals surface area contributed by atoms with Crippen molar-refractivity contribution in [2.45, 2.75) is 12.3 Å². The van der Waals surface area contributed by atoms with Crippen LogP contribution in [0, 0.1) is 0 Å². The van der Waals surface area contributed by atoms with Crippen molar-refractivity contribution in [3.05, 3.63) is 71.8 Å². The summed E-state index contributed by atoms with van der Waals surface area (Å²) >= 11 is 0. The Bertz CT molecular complexity index is 441. The number of halogens is 1. The Morgan fingerprint density at radius 3 is 1.76 bits per heavy atom. The summed E-state index contributed by atoms with van der Waals surface area (Å²) in [6.07, 6.45) is -1.71. The molecule has 0 fully saturated rings. The predicted molar refractivity (Wildman–Crippen MR) is 66.5 cm³/mol. The summed E-state index contributed by atoms with van der Waals surface area (Å²) in [7, 11) is 1.53. The number of hydrogen-bond acceptors (Lipinski definition) is 1. The van der Waals surface area contributed by atoms with Crippen LogP contribution < -0.4 is 0 Å². The molecule has 2 aromatic rings. The summed E-state index contributed by atoms with van der Waals surface area (Å²) < 4.78 is 19.6. The Hall–Kier alpha value is -1.67. The normalized spacial score (nSPS) is 14.2. The molecule has 2 unspecified atom stereocenters. The molecule has 0 amide bonds. The standard InChI is InChI=1S/C15H15FO/c1-17-15(13-10-6-3-7-11-13)14(16)12-8-4-2-5-9-12/h2-11,14-15H,1H3. The molecule has 0 saturated carbocycles. The van der Waals surface area contributed by atoms with E-state index in [2.05, 4.69) is 0 Å². The highest BCUT2D eigenvalue weighted by atomic mass is 19.1. The molecular weight excluding hydrogens is 215 g/mol. The smallest absolute Gasteiger partial charge is 0.155 e. The van der Waals surface area contributed by atoms with Gasteiger partial charge in [0.25, 0.3) is 0 Å². The van der Waals surface area contributed by atoms with Crippen LogP contribution in [0.3, 0.4) is 0 Å². The highest BCUT2D eigenvalue weighted by Crippen LogP contribution is 2.34. The van der Waals surface area contributed by atoms with Gasteiger partial charge in [0.05, 0.1) is 0 Å². The van der Waals surface area contributed by atoms with Crippen molar-refractivity contribution in [3.63, 3.8) is 0 Å². The third kappa shape index (κ3) is 2.71. The molecule has 2 rings (SSSR count). The van der Waals surface area contributed by atoms with E-state index in [4.69, 9.17) is 4.74 Å². The zero-order valence-corrected chi connectivity index (χ0v) is 9.71. The number of alkyl halides is 1. The Labute approximate surface area is 101 Å². The maximum absolute atomic E-state index is 14.4. The molecule has 0 radical (unpaired) electrons. The van der Waals surface area contributed by atoms with Crippen LogP contribution in [0.25, 0.3) is 0 Å². The van der Waals surface area contributed by atoms with Crippen molar-refractivity contribution in [3.8, 4) is 0 Å². The SMILES string of the molecule is COC(c1ccccc1)C(F)c1ccccc1. The quantitative estimate of drug-likeness (QED) is 0.768. The minimum atomic E-state index is -1.15. The minimum absolute atomic E-state index is 0.557. The van der Waals surface area contributed by atoms with Gasteiger partial charge in [-0.2, -0.15) is 0 Å². The van der Waals surface area contributed by atoms with Crippen LogP contribution in [0.2, 0.25) is 0 Å². The maximum Gasteiger partial charge on any atom is 0.155 e. The summed E-state index contributed by atoms with van der Waals surface area (Å²) in [6.45, 7) is 0. The topological polar surface area (TPSA) is 9.23 Å². The fourth-order valence-electron chi connectivity index (χ4n) is 1.88. The summed E-state index contributed by atoms with van der Waals surface area (Å²) in [4.78, 5) is 0. The first kappa shape index (κ1) is 11.8. The number of benzene rings is 2. The highest BCUT2D eigenvalue weighted by molar-refractivity contribution is 5.25. The molecule has 0 saturated heterocycles.